The van der Waals surface area contributed by atoms with Gasteiger partial charge in [0.05, 0.1) is 0 Å². The van der Waals surface area contributed by atoms with Gasteiger partial charge >= 0.3 is 11.9 Å². The molecule has 4 rings (SSSR count). The molecule has 0 aliphatic heterocycles. The van der Waals surface area contributed by atoms with Gasteiger partial charge in [-0.15, -0.1) is 0 Å². The smallest absolute Gasteiger partial charge is 0.326 e. The molecule has 0 aromatic heterocycles. The first-order valence-electron chi connectivity index (χ1n) is 8.95. The summed E-state index contributed by atoms with van der Waals surface area (Å²) in [4.78, 5) is 20.6. The van der Waals surface area contributed by atoms with E-state index in [-0.39, 0.29) is 0 Å². The lowest BCUT2D eigenvalue weighted by atomic mass is 9.56. The molecule has 0 aromatic rings. The van der Waals surface area contributed by atoms with Gasteiger partial charge in [-0.1, -0.05) is 13.8 Å². The van der Waals surface area contributed by atoms with Gasteiger partial charge in [-0.05, 0) is 62.2 Å². The van der Waals surface area contributed by atoms with E-state index in [1.54, 1.807) is 38.5 Å². The normalized spacial score (nSPS) is 28.8. The maximum absolute atomic E-state index is 10.5. The third-order valence-electron chi connectivity index (χ3n) is 4.78. The van der Waals surface area contributed by atoms with Crippen molar-refractivity contribution in [3.63, 3.8) is 0 Å². The number of carbonyl (C=O) groups excluding carboxylic acids is 2. The highest BCUT2D eigenvalue weighted by atomic mass is 32.2. The van der Waals surface area contributed by atoms with Crippen LogP contribution in [0.1, 0.15) is 59.3 Å². The molecule has 4 bridgehead atoms. The number of rotatable bonds is 4. The molecular formula is C17H30O7S. The van der Waals surface area contributed by atoms with Gasteiger partial charge in [0.1, 0.15) is 0 Å². The number of ether oxygens (including phenoxy) is 2. The molecule has 1 N–H and O–H groups in total. The molecule has 146 valence electrons. The van der Waals surface area contributed by atoms with Crippen LogP contribution in [0.3, 0.4) is 0 Å². The van der Waals surface area contributed by atoms with Crippen LogP contribution in [0.15, 0.2) is 0 Å². The largest absolute Gasteiger partial charge is 0.428 e. The molecule has 4 fully saturated rings. The van der Waals surface area contributed by atoms with Crippen LogP contribution >= 0.6 is 0 Å². The topological polar surface area (TPSA) is 107 Å². The lowest BCUT2D eigenvalue weighted by Gasteiger charge is -2.49. The van der Waals surface area contributed by atoms with E-state index in [1.165, 1.54) is 23.7 Å². The van der Waals surface area contributed by atoms with Crippen LogP contribution < -0.4 is 0 Å². The Morgan fingerprint density at radius 1 is 0.880 bits per heavy atom. The molecule has 4 aliphatic carbocycles. The summed E-state index contributed by atoms with van der Waals surface area (Å²) < 4.78 is 36.6. The Labute approximate surface area is 150 Å². The van der Waals surface area contributed by atoms with Crippen molar-refractivity contribution < 1.29 is 32.0 Å². The number of carbonyl (C=O) groups is 2. The van der Waals surface area contributed by atoms with Crippen molar-refractivity contribution in [1.29, 1.82) is 0 Å². The minimum absolute atomic E-state index is 0.663. The molecule has 0 unspecified atom stereocenters. The van der Waals surface area contributed by atoms with E-state index in [2.05, 4.69) is 9.47 Å². The maximum atomic E-state index is 10.5. The first-order valence-corrected chi connectivity index (χ1v) is 10.6. The average molecular weight is 378 g/mol. The van der Waals surface area contributed by atoms with Crippen molar-refractivity contribution in [2.24, 2.45) is 23.7 Å². The summed E-state index contributed by atoms with van der Waals surface area (Å²) in [6.07, 6.45) is 9.62. The predicted molar refractivity (Wildman–Crippen MR) is 92.2 cm³/mol. The van der Waals surface area contributed by atoms with Crippen LogP contribution in [0, 0.1) is 23.7 Å². The Balaban J connectivity index is 0.000000230. The second-order valence-electron chi connectivity index (χ2n) is 6.87. The molecule has 0 spiro atoms. The summed E-state index contributed by atoms with van der Waals surface area (Å²) in [5.74, 6) is 1.69. The van der Waals surface area contributed by atoms with Crippen molar-refractivity contribution in [3.8, 4) is 0 Å². The van der Waals surface area contributed by atoms with Crippen molar-refractivity contribution in [1.82, 2.24) is 0 Å². The monoisotopic (exact) mass is 378 g/mol. The average Bonchev–Trinajstić information content (AvgIpc) is 2.46. The Hall–Kier alpha value is -1.15. The summed E-state index contributed by atoms with van der Waals surface area (Å²) in [5, 5.41) is 0. The van der Waals surface area contributed by atoms with E-state index >= 15 is 0 Å². The quantitative estimate of drug-likeness (QED) is 0.455. The second-order valence-corrected chi connectivity index (χ2v) is 8.33. The molecule has 0 atom stereocenters. The standard InChI is InChI=1S/C10H16.C5H8O7S.C2H6/c1-7-2-9-4-8(1)5-10(3-7)6-9;1-4(6)11-3-12-5(7)2-13(8,9)10;1-2/h7-10H,1-6H2;2-3H2,1H3,(H,8,9,10);1-2H3. The molecule has 4 aliphatic rings. The second kappa shape index (κ2) is 10.1. The van der Waals surface area contributed by atoms with Crippen LogP contribution in [0.2, 0.25) is 0 Å². The van der Waals surface area contributed by atoms with Crippen LogP contribution in [-0.2, 0) is 29.2 Å². The van der Waals surface area contributed by atoms with Gasteiger partial charge in [-0.3, -0.25) is 14.1 Å². The summed E-state index contributed by atoms with van der Waals surface area (Å²) in [6, 6.07) is 0. The molecule has 8 heteroatoms. The number of hydrogen-bond donors (Lipinski definition) is 1. The maximum Gasteiger partial charge on any atom is 0.326 e. The molecule has 4 saturated carbocycles. The van der Waals surface area contributed by atoms with Crippen molar-refractivity contribution >= 4 is 22.1 Å². The Bertz CT molecular complexity index is 485. The van der Waals surface area contributed by atoms with Crippen LogP contribution in [-0.4, -0.2) is 37.5 Å². The van der Waals surface area contributed by atoms with Gasteiger partial charge in [0.15, 0.2) is 5.75 Å². The third-order valence-corrected chi connectivity index (χ3v) is 5.38. The third kappa shape index (κ3) is 8.67. The summed E-state index contributed by atoms with van der Waals surface area (Å²) in [5.41, 5.74) is 0. The molecule has 7 nitrogen and oxygen atoms in total. The predicted octanol–water partition coefficient (Wildman–Crippen LogP) is 2.80. The zero-order valence-electron chi connectivity index (χ0n) is 15.3. The fraction of sp³-hybridized carbons (Fsp3) is 0.882. The van der Waals surface area contributed by atoms with Crippen molar-refractivity contribution in [2.75, 3.05) is 12.5 Å². The minimum Gasteiger partial charge on any atom is -0.428 e. The summed E-state index contributed by atoms with van der Waals surface area (Å²) in [7, 11) is -4.39. The zero-order chi connectivity index (χ0) is 19.0. The summed E-state index contributed by atoms with van der Waals surface area (Å²) >= 11 is 0. The van der Waals surface area contributed by atoms with Gasteiger partial charge < -0.3 is 9.47 Å². The van der Waals surface area contributed by atoms with E-state index in [9.17, 15) is 18.0 Å². The molecule has 0 heterocycles. The number of hydrogen-bond acceptors (Lipinski definition) is 6. The van der Waals surface area contributed by atoms with E-state index in [0.717, 1.165) is 6.92 Å². The van der Waals surface area contributed by atoms with Crippen LogP contribution in [0.4, 0.5) is 0 Å². The Morgan fingerprint density at radius 2 is 1.24 bits per heavy atom. The molecule has 0 amide bonds. The highest BCUT2D eigenvalue weighted by Crippen LogP contribution is 2.53. The SMILES string of the molecule is C1C2CC3CC1CC(C2)C3.CC.CC(=O)OCOC(=O)CS(=O)(=O)O. The van der Waals surface area contributed by atoms with Crippen LogP contribution in [0.5, 0.6) is 0 Å². The highest BCUT2D eigenvalue weighted by molar-refractivity contribution is 7.86. The van der Waals surface area contributed by atoms with Gasteiger partial charge in [0, 0.05) is 6.92 Å². The van der Waals surface area contributed by atoms with E-state index < -0.39 is 34.6 Å². The first kappa shape index (κ1) is 21.9. The molecule has 0 aromatic carbocycles. The van der Waals surface area contributed by atoms with Crippen molar-refractivity contribution in [3.05, 3.63) is 0 Å². The van der Waals surface area contributed by atoms with E-state index in [4.69, 9.17) is 4.55 Å². The van der Waals surface area contributed by atoms with E-state index in [1.807, 2.05) is 13.8 Å². The zero-order valence-corrected chi connectivity index (χ0v) is 16.1. The molecule has 0 radical (unpaired) electrons. The highest BCUT2D eigenvalue weighted by Gasteiger charge is 2.41. The molecule has 0 saturated heterocycles. The van der Waals surface area contributed by atoms with Gasteiger partial charge in [-0.2, -0.15) is 8.42 Å². The summed E-state index contributed by atoms with van der Waals surface area (Å²) in [6.45, 7) is 4.43. The van der Waals surface area contributed by atoms with Gasteiger partial charge in [0.2, 0.25) is 6.79 Å². The Kier molecular flexibility index (Phi) is 8.85. The van der Waals surface area contributed by atoms with Crippen LogP contribution in [0.25, 0.3) is 0 Å². The minimum atomic E-state index is -4.39. The van der Waals surface area contributed by atoms with Gasteiger partial charge in [-0.25, -0.2) is 0 Å². The number of esters is 2. The lowest BCUT2D eigenvalue weighted by Crippen LogP contribution is -2.38. The fourth-order valence-electron chi connectivity index (χ4n) is 4.35. The first-order chi connectivity index (χ1) is 11.7. The van der Waals surface area contributed by atoms with Crippen molar-refractivity contribution in [2.45, 2.75) is 59.3 Å². The Morgan fingerprint density at radius 3 is 1.52 bits per heavy atom. The fourth-order valence-corrected chi connectivity index (χ4v) is 4.73. The molecule has 25 heavy (non-hydrogen) atoms. The van der Waals surface area contributed by atoms with Gasteiger partial charge in [0.25, 0.3) is 10.1 Å². The lowest BCUT2D eigenvalue weighted by molar-refractivity contribution is -0.163. The molecular weight excluding hydrogens is 348 g/mol. The van der Waals surface area contributed by atoms with E-state index in [0.29, 0.717) is 0 Å².